The number of hydrogen-bond acceptors (Lipinski definition) is 3. The molecule has 0 bridgehead atoms. The van der Waals surface area contributed by atoms with E-state index in [2.05, 4.69) is 55.5 Å². The number of nitrogens with one attached hydrogen (secondary N) is 2. The van der Waals surface area contributed by atoms with E-state index in [-0.39, 0.29) is 6.03 Å². The van der Waals surface area contributed by atoms with Crippen LogP contribution in [0.1, 0.15) is 16.0 Å². The van der Waals surface area contributed by atoms with Crippen LogP contribution in [0.5, 0.6) is 0 Å². The van der Waals surface area contributed by atoms with Crippen molar-refractivity contribution in [1.82, 2.24) is 14.8 Å². The molecule has 1 aromatic carbocycles. The Bertz CT molecular complexity index is 951. The molecule has 3 aromatic rings. The van der Waals surface area contributed by atoms with Gasteiger partial charge >= 0.3 is 6.03 Å². The van der Waals surface area contributed by atoms with Crippen molar-refractivity contribution < 1.29 is 4.79 Å². The first-order chi connectivity index (χ1) is 13.1. The van der Waals surface area contributed by atoms with Crippen molar-refractivity contribution in [2.75, 3.05) is 18.9 Å². The Balaban J connectivity index is 1.53. The minimum atomic E-state index is -0.195. The zero-order valence-corrected chi connectivity index (χ0v) is 17.4. The molecule has 3 heterocycles. The molecule has 0 saturated heterocycles. The maximum Gasteiger partial charge on any atom is 0.319 e. The number of rotatable bonds is 4. The smallest absolute Gasteiger partial charge is 0.319 e. The summed E-state index contributed by atoms with van der Waals surface area (Å²) in [4.78, 5) is 16.1. The summed E-state index contributed by atoms with van der Waals surface area (Å²) in [6, 6.07) is 11.4. The fourth-order valence-corrected chi connectivity index (χ4v) is 5.16. The Labute approximate surface area is 171 Å². The number of amides is 2. The SMILES string of the molecule is CN1CCc2c(sc(-n3cccc3)c2CNC(=O)Nc2cccc(Br)c2)C1. The number of carbonyl (C=O) groups is 1. The van der Waals surface area contributed by atoms with Gasteiger partial charge in [0.25, 0.3) is 0 Å². The highest BCUT2D eigenvalue weighted by Crippen LogP contribution is 2.35. The van der Waals surface area contributed by atoms with Crippen LogP contribution in [-0.4, -0.2) is 29.1 Å². The van der Waals surface area contributed by atoms with Crippen LogP contribution >= 0.6 is 27.3 Å². The lowest BCUT2D eigenvalue weighted by molar-refractivity contribution is 0.251. The number of anilines is 1. The number of aromatic nitrogens is 1. The molecule has 2 aromatic heterocycles. The maximum atomic E-state index is 12.4. The van der Waals surface area contributed by atoms with Gasteiger partial charge in [0.05, 0.1) is 0 Å². The largest absolute Gasteiger partial charge is 0.334 e. The van der Waals surface area contributed by atoms with Gasteiger partial charge in [0.15, 0.2) is 0 Å². The van der Waals surface area contributed by atoms with Crippen molar-refractivity contribution in [1.29, 1.82) is 0 Å². The topological polar surface area (TPSA) is 49.3 Å². The first kappa shape index (κ1) is 18.3. The second kappa shape index (κ2) is 7.88. The van der Waals surface area contributed by atoms with Gasteiger partial charge in [-0.2, -0.15) is 0 Å². The number of nitrogens with zero attached hydrogens (tertiary/aromatic N) is 2. The minimum absolute atomic E-state index is 0.195. The van der Waals surface area contributed by atoms with Gasteiger partial charge in [0, 0.05) is 52.6 Å². The fraction of sp³-hybridized carbons (Fsp3) is 0.250. The van der Waals surface area contributed by atoms with E-state index in [0.29, 0.717) is 6.54 Å². The lowest BCUT2D eigenvalue weighted by Gasteiger charge is -2.22. The van der Waals surface area contributed by atoms with Gasteiger partial charge in [-0.15, -0.1) is 11.3 Å². The van der Waals surface area contributed by atoms with Crippen LogP contribution in [0.4, 0.5) is 10.5 Å². The highest BCUT2D eigenvalue weighted by atomic mass is 79.9. The van der Waals surface area contributed by atoms with Gasteiger partial charge in [-0.1, -0.05) is 22.0 Å². The van der Waals surface area contributed by atoms with E-state index in [1.54, 1.807) is 0 Å². The van der Waals surface area contributed by atoms with Gasteiger partial charge in [-0.3, -0.25) is 0 Å². The highest BCUT2D eigenvalue weighted by molar-refractivity contribution is 9.10. The summed E-state index contributed by atoms with van der Waals surface area (Å²) in [6.45, 7) is 2.54. The summed E-state index contributed by atoms with van der Waals surface area (Å²) < 4.78 is 3.08. The van der Waals surface area contributed by atoms with Crippen LogP contribution in [0, 0.1) is 0 Å². The zero-order chi connectivity index (χ0) is 18.8. The molecular weight excluding hydrogens is 424 g/mol. The summed E-state index contributed by atoms with van der Waals surface area (Å²) >= 11 is 5.25. The monoisotopic (exact) mass is 444 g/mol. The van der Waals surface area contributed by atoms with E-state index in [4.69, 9.17) is 0 Å². The number of carbonyl (C=O) groups excluding carboxylic acids is 1. The minimum Gasteiger partial charge on any atom is -0.334 e. The van der Waals surface area contributed by atoms with E-state index in [9.17, 15) is 4.79 Å². The first-order valence-corrected chi connectivity index (χ1v) is 10.5. The van der Waals surface area contributed by atoms with E-state index in [1.165, 1.54) is 21.0 Å². The molecular formula is C20H21BrN4OS. The highest BCUT2D eigenvalue weighted by Gasteiger charge is 2.23. The molecule has 0 radical (unpaired) electrons. The van der Waals surface area contributed by atoms with Crippen molar-refractivity contribution in [2.24, 2.45) is 0 Å². The van der Waals surface area contributed by atoms with E-state index < -0.39 is 0 Å². The lowest BCUT2D eigenvalue weighted by Crippen LogP contribution is -2.30. The number of fused-ring (bicyclic) bond motifs is 1. The van der Waals surface area contributed by atoms with E-state index >= 15 is 0 Å². The molecule has 2 N–H and O–H groups in total. The molecule has 0 aliphatic carbocycles. The second-order valence-corrected chi connectivity index (χ2v) is 8.68. The molecule has 2 amide bonds. The molecule has 0 spiro atoms. The normalized spacial score (nSPS) is 14.0. The Morgan fingerprint density at radius 2 is 2.07 bits per heavy atom. The number of halogens is 1. The standard InChI is InChI=1S/C20H21BrN4OS/c1-24-10-7-16-17(19(27-18(16)13-24)25-8-2-3-9-25)12-22-20(26)23-15-6-4-5-14(21)11-15/h2-6,8-9,11H,7,10,12-13H2,1H3,(H2,22,23,26). The number of benzene rings is 1. The average Bonchev–Trinajstić information content (AvgIpc) is 3.27. The van der Waals surface area contributed by atoms with Gasteiger partial charge in [0.2, 0.25) is 0 Å². The van der Waals surface area contributed by atoms with Crippen molar-refractivity contribution in [3.63, 3.8) is 0 Å². The van der Waals surface area contributed by atoms with Crippen LogP contribution < -0.4 is 10.6 Å². The van der Waals surface area contributed by atoms with Crippen LogP contribution in [0.2, 0.25) is 0 Å². The molecule has 27 heavy (non-hydrogen) atoms. The van der Waals surface area contributed by atoms with Gasteiger partial charge < -0.3 is 20.1 Å². The molecule has 1 aliphatic rings. The number of likely N-dealkylation sites (N-methyl/N-ethyl adjacent to an activating group) is 1. The molecule has 0 saturated carbocycles. The molecule has 7 heteroatoms. The van der Waals surface area contributed by atoms with E-state index in [1.807, 2.05) is 47.7 Å². The number of thiophene rings is 1. The predicted octanol–water partition coefficient (Wildman–Crippen LogP) is 4.61. The number of urea groups is 1. The zero-order valence-electron chi connectivity index (χ0n) is 15.0. The van der Waals surface area contributed by atoms with Gasteiger partial charge in [-0.25, -0.2) is 4.79 Å². The fourth-order valence-electron chi connectivity index (χ4n) is 3.35. The van der Waals surface area contributed by atoms with Crippen LogP contribution in [0.15, 0.2) is 53.3 Å². The molecule has 0 unspecified atom stereocenters. The van der Waals surface area contributed by atoms with Gasteiger partial charge in [0.1, 0.15) is 5.00 Å². The summed E-state index contributed by atoms with van der Waals surface area (Å²) in [7, 11) is 2.15. The first-order valence-electron chi connectivity index (χ1n) is 8.86. The molecule has 0 fully saturated rings. The van der Waals surface area contributed by atoms with E-state index in [0.717, 1.165) is 29.7 Å². The molecule has 4 rings (SSSR count). The number of hydrogen-bond donors (Lipinski definition) is 2. The van der Waals surface area contributed by atoms with Crippen molar-refractivity contribution in [3.8, 4) is 5.00 Å². The van der Waals surface area contributed by atoms with Crippen molar-refractivity contribution in [3.05, 3.63) is 69.3 Å². The summed E-state index contributed by atoms with van der Waals surface area (Å²) in [5, 5.41) is 7.12. The second-order valence-electron chi connectivity index (χ2n) is 6.68. The predicted molar refractivity (Wildman–Crippen MR) is 114 cm³/mol. The Kier molecular flexibility index (Phi) is 5.33. The third kappa shape index (κ3) is 4.10. The third-order valence-corrected chi connectivity index (χ3v) is 6.45. The lowest BCUT2D eigenvalue weighted by atomic mass is 10.0. The van der Waals surface area contributed by atoms with Gasteiger partial charge in [-0.05, 0) is 49.4 Å². The summed E-state index contributed by atoms with van der Waals surface area (Å²) in [5.74, 6) is 0. The third-order valence-electron chi connectivity index (χ3n) is 4.68. The Morgan fingerprint density at radius 1 is 1.26 bits per heavy atom. The molecule has 1 aliphatic heterocycles. The van der Waals surface area contributed by atoms with Crippen molar-refractivity contribution >= 4 is 39.0 Å². The maximum absolute atomic E-state index is 12.4. The van der Waals surface area contributed by atoms with Crippen LogP contribution in [0.25, 0.3) is 5.00 Å². The Hall–Kier alpha value is -2.09. The van der Waals surface area contributed by atoms with Crippen molar-refractivity contribution in [2.45, 2.75) is 19.5 Å². The molecule has 140 valence electrons. The summed E-state index contributed by atoms with van der Waals surface area (Å²) in [5.41, 5.74) is 3.38. The molecule has 0 atom stereocenters. The van der Waals surface area contributed by atoms with Crippen LogP contribution in [-0.2, 0) is 19.5 Å². The average molecular weight is 445 g/mol. The van der Waals surface area contributed by atoms with Crippen LogP contribution in [0.3, 0.4) is 0 Å². The molecule has 5 nitrogen and oxygen atoms in total. The Morgan fingerprint density at radius 3 is 2.85 bits per heavy atom. The summed E-state index contributed by atoms with van der Waals surface area (Å²) in [6.07, 6.45) is 5.14. The quantitative estimate of drug-likeness (QED) is 0.616.